The number of ether oxygens (including phenoxy) is 1. The number of carbonyl (C=O) groups excluding carboxylic acids is 1. The molecule has 0 spiro atoms. The monoisotopic (exact) mass is 565 g/mol. The van der Waals surface area contributed by atoms with Gasteiger partial charge in [-0.3, -0.25) is 0 Å². The van der Waals surface area contributed by atoms with E-state index in [0.717, 1.165) is 77.0 Å². The van der Waals surface area contributed by atoms with E-state index in [4.69, 9.17) is 4.74 Å². The quantitative estimate of drug-likeness (QED) is 0.0644. The summed E-state index contributed by atoms with van der Waals surface area (Å²) in [6.45, 7) is 17.9. The predicted octanol–water partition coefficient (Wildman–Crippen LogP) is 11.2. The summed E-state index contributed by atoms with van der Waals surface area (Å²) >= 11 is 0. The highest BCUT2D eigenvalue weighted by Crippen LogP contribution is 2.35. The Labute approximate surface area is 249 Å². The molecule has 0 heterocycles. The molecule has 1 N–H and O–H groups in total. The summed E-state index contributed by atoms with van der Waals surface area (Å²) in [7, 11) is 0. The third-order valence-corrected chi connectivity index (χ3v) is 9.20. The molecule has 0 aromatic rings. The van der Waals surface area contributed by atoms with E-state index in [-0.39, 0.29) is 29.8 Å². The fraction of sp³-hybridized carbons (Fsp3) is 0.889. The second-order valence-corrected chi connectivity index (χ2v) is 12.7. The van der Waals surface area contributed by atoms with Crippen LogP contribution in [-0.2, 0) is 14.3 Å². The van der Waals surface area contributed by atoms with Crippen molar-refractivity contribution in [1.82, 2.24) is 0 Å². The van der Waals surface area contributed by atoms with Crippen molar-refractivity contribution in [2.75, 3.05) is 0 Å². The molecule has 0 rings (SSSR count). The summed E-state index contributed by atoms with van der Waals surface area (Å²) in [6, 6.07) is 0. The first-order valence-corrected chi connectivity index (χ1v) is 17.3. The second kappa shape index (κ2) is 24.3. The maximum Gasteiger partial charge on any atom is 0.334 e. The third kappa shape index (κ3) is 16.8. The lowest BCUT2D eigenvalue weighted by molar-refractivity contribution is -0.149. The first-order chi connectivity index (χ1) is 19.2. The van der Waals surface area contributed by atoms with E-state index in [9.17, 15) is 14.7 Å². The van der Waals surface area contributed by atoms with Gasteiger partial charge in [-0.1, -0.05) is 139 Å². The van der Waals surface area contributed by atoms with Crippen LogP contribution in [0.3, 0.4) is 0 Å². The lowest BCUT2D eigenvalue weighted by Gasteiger charge is -2.31. The van der Waals surface area contributed by atoms with Gasteiger partial charge in [0.2, 0.25) is 0 Å². The molecule has 236 valence electrons. The smallest absolute Gasteiger partial charge is 0.334 e. The largest absolute Gasteiger partial charge is 0.478 e. The zero-order valence-corrected chi connectivity index (χ0v) is 27.9. The molecule has 0 fully saturated rings. The molecule has 40 heavy (non-hydrogen) atoms. The third-order valence-electron chi connectivity index (χ3n) is 9.20. The average Bonchev–Trinajstić information content (AvgIpc) is 2.93. The van der Waals surface area contributed by atoms with Gasteiger partial charge in [-0.05, 0) is 61.7 Å². The van der Waals surface area contributed by atoms with Crippen LogP contribution in [0.1, 0.15) is 171 Å². The molecule has 0 bridgehead atoms. The fourth-order valence-electron chi connectivity index (χ4n) is 6.40. The zero-order valence-electron chi connectivity index (χ0n) is 27.9. The van der Waals surface area contributed by atoms with Crippen LogP contribution in [0, 0.1) is 29.6 Å². The zero-order chi connectivity index (χ0) is 30.3. The van der Waals surface area contributed by atoms with Crippen LogP contribution in [0.15, 0.2) is 11.6 Å². The molecule has 6 unspecified atom stereocenters. The molecule has 4 nitrogen and oxygen atoms in total. The van der Waals surface area contributed by atoms with E-state index in [1.165, 1.54) is 44.6 Å². The molecular weight excluding hydrogens is 496 g/mol. The van der Waals surface area contributed by atoms with Crippen LogP contribution in [-0.4, -0.2) is 23.1 Å². The number of carboxylic acid groups (broad SMARTS) is 1. The van der Waals surface area contributed by atoms with Crippen molar-refractivity contribution in [1.29, 1.82) is 0 Å². The SMILES string of the molecule is CCCCCC(OC(=O)C(=CC(=O)O)C(CCCCC)C(C)CC(CC)CCCC)C(C)CC(CC)CCCC. The van der Waals surface area contributed by atoms with Gasteiger partial charge in [-0.25, -0.2) is 9.59 Å². The van der Waals surface area contributed by atoms with Gasteiger partial charge in [-0.15, -0.1) is 0 Å². The van der Waals surface area contributed by atoms with Gasteiger partial charge in [0.1, 0.15) is 6.10 Å². The van der Waals surface area contributed by atoms with Crippen molar-refractivity contribution in [2.24, 2.45) is 29.6 Å². The molecule has 0 saturated heterocycles. The Balaban J connectivity index is 6.03. The summed E-state index contributed by atoms with van der Waals surface area (Å²) in [6.07, 6.45) is 20.9. The van der Waals surface area contributed by atoms with Crippen molar-refractivity contribution < 1.29 is 19.4 Å². The Hall–Kier alpha value is -1.32. The van der Waals surface area contributed by atoms with Gasteiger partial charge in [0.15, 0.2) is 0 Å². The number of esters is 1. The van der Waals surface area contributed by atoms with Crippen molar-refractivity contribution >= 4 is 11.9 Å². The highest BCUT2D eigenvalue weighted by atomic mass is 16.5. The number of hydrogen-bond acceptors (Lipinski definition) is 3. The van der Waals surface area contributed by atoms with Crippen molar-refractivity contribution in [3.05, 3.63) is 11.6 Å². The van der Waals surface area contributed by atoms with Crippen molar-refractivity contribution in [3.8, 4) is 0 Å². The van der Waals surface area contributed by atoms with E-state index in [1.54, 1.807) is 0 Å². The summed E-state index contributed by atoms with van der Waals surface area (Å²) in [5, 5.41) is 9.85. The van der Waals surface area contributed by atoms with Crippen molar-refractivity contribution in [2.45, 2.75) is 177 Å². The molecule has 6 atom stereocenters. The average molecular weight is 565 g/mol. The number of unbranched alkanes of at least 4 members (excludes halogenated alkanes) is 6. The predicted molar refractivity (Wildman–Crippen MR) is 172 cm³/mol. The Kier molecular flexibility index (Phi) is 23.5. The molecule has 0 aliphatic rings. The second-order valence-electron chi connectivity index (χ2n) is 12.7. The topological polar surface area (TPSA) is 63.6 Å². The van der Waals surface area contributed by atoms with Crippen molar-refractivity contribution in [3.63, 3.8) is 0 Å². The van der Waals surface area contributed by atoms with Crippen LogP contribution in [0.5, 0.6) is 0 Å². The molecule has 0 aromatic heterocycles. The number of rotatable bonds is 26. The van der Waals surface area contributed by atoms with Crippen LogP contribution >= 0.6 is 0 Å². The Morgan fingerprint density at radius 1 is 0.650 bits per heavy atom. The molecule has 0 aliphatic carbocycles. The van der Waals surface area contributed by atoms with Gasteiger partial charge >= 0.3 is 11.9 Å². The maximum atomic E-state index is 13.9. The maximum absolute atomic E-state index is 13.9. The van der Waals surface area contributed by atoms with Gasteiger partial charge in [0.25, 0.3) is 0 Å². The molecule has 0 amide bonds. The number of hydrogen-bond donors (Lipinski definition) is 1. The lowest BCUT2D eigenvalue weighted by atomic mass is 9.76. The summed E-state index contributed by atoms with van der Waals surface area (Å²) in [5.74, 6) is 0.264. The summed E-state index contributed by atoms with van der Waals surface area (Å²) in [4.78, 5) is 25.9. The van der Waals surface area contributed by atoms with Gasteiger partial charge in [0, 0.05) is 11.6 Å². The first kappa shape index (κ1) is 38.7. The molecule has 4 heteroatoms. The van der Waals surface area contributed by atoms with Crippen LogP contribution < -0.4 is 0 Å². The molecule has 0 aromatic carbocycles. The highest BCUT2D eigenvalue weighted by Gasteiger charge is 2.32. The highest BCUT2D eigenvalue weighted by molar-refractivity contribution is 5.96. The van der Waals surface area contributed by atoms with Gasteiger partial charge in [0.05, 0.1) is 0 Å². The summed E-state index contributed by atoms with van der Waals surface area (Å²) in [5.41, 5.74) is 0.396. The Morgan fingerprint density at radius 3 is 1.57 bits per heavy atom. The van der Waals surface area contributed by atoms with Gasteiger partial charge in [-0.2, -0.15) is 0 Å². The molecular formula is C36H68O4. The standard InChI is InChI=1S/C36H68O4/c1-9-15-19-23-32(28(7)25-30(13-5)21-17-11-3)33(27-35(37)38)36(39)40-34(24-20-16-10-2)29(8)26-31(14-6)22-18-12-4/h27-32,34H,9-26H2,1-8H3,(H,37,38). The normalized spacial score (nSPS) is 16.6. The van der Waals surface area contributed by atoms with Crippen LogP contribution in [0.25, 0.3) is 0 Å². The molecule has 0 aliphatic heterocycles. The first-order valence-electron chi connectivity index (χ1n) is 17.3. The Morgan fingerprint density at radius 2 is 1.12 bits per heavy atom. The number of aliphatic carboxylic acids is 1. The lowest BCUT2D eigenvalue weighted by Crippen LogP contribution is -2.31. The van der Waals surface area contributed by atoms with E-state index in [1.807, 2.05) is 0 Å². The number of carbonyl (C=O) groups is 2. The van der Waals surface area contributed by atoms with Gasteiger partial charge < -0.3 is 9.84 Å². The number of carboxylic acids is 1. The fourth-order valence-corrected chi connectivity index (χ4v) is 6.40. The van der Waals surface area contributed by atoms with E-state index in [2.05, 4.69) is 55.4 Å². The van der Waals surface area contributed by atoms with Crippen LogP contribution in [0.2, 0.25) is 0 Å². The van der Waals surface area contributed by atoms with E-state index in [0.29, 0.717) is 17.4 Å². The molecule has 0 saturated carbocycles. The van der Waals surface area contributed by atoms with Crippen LogP contribution in [0.4, 0.5) is 0 Å². The summed E-state index contributed by atoms with van der Waals surface area (Å²) < 4.78 is 6.33. The minimum Gasteiger partial charge on any atom is -0.478 e. The minimum absolute atomic E-state index is 0.0784. The van der Waals surface area contributed by atoms with E-state index >= 15 is 0 Å². The molecule has 0 radical (unpaired) electrons. The minimum atomic E-state index is -1.04. The van der Waals surface area contributed by atoms with E-state index < -0.39 is 5.97 Å². The Bertz CT molecular complexity index is 670.